The van der Waals surface area contributed by atoms with Crippen molar-refractivity contribution in [1.82, 2.24) is 4.98 Å². The Hall–Kier alpha value is -1.94. The minimum absolute atomic E-state index is 0.563. The molecule has 0 aliphatic heterocycles. The summed E-state index contributed by atoms with van der Waals surface area (Å²) in [6, 6.07) is 7.09. The molecule has 1 aromatic carbocycles. The van der Waals surface area contributed by atoms with E-state index in [-0.39, 0.29) is 0 Å². The van der Waals surface area contributed by atoms with Crippen LogP contribution in [-0.4, -0.2) is 16.7 Å². The lowest BCUT2D eigenvalue weighted by atomic mass is 10.1. The average Bonchev–Trinajstić information content (AvgIpc) is 2.83. The van der Waals surface area contributed by atoms with Crippen LogP contribution in [0.4, 0.5) is 4.39 Å². The summed E-state index contributed by atoms with van der Waals surface area (Å²) in [5.74, 6) is 0.102. The normalized spacial score (nSPS) is 11.8. The Kier molecular flexibility index (Phi) is 3.12. The summed E-state index contributed by atoms with van der Waals surface area (Å²) in [6.07, 6.45) is 4.25. The fraction of sp³-hybridized carbons (Fsp3) is 0.0833. The smallest absolute Gasteiger partial charge is 0.181 e. The summed E-state index contributed by atoms with van der Waals surface area (Å²) in [7, 11) is 0. The molecule has 82 valence electrons. The van der Waals surface area contributed by atoms with Crippen LogP contribution < -0.4 is 0 Å². The van der Waals surface area contributed by atoms with Crippen LogP contribution in [0.2, 0.25) is 0 Å². The highest BCUT2D eigenvalue weighted by molar-refractivity contribution is 5.60. The van der Waals surface area contributed by atoms with Gasteiger partial charge in [-0.3, -0.25) is 0 Å². The van der Waals surface area contributed by atoms with Gasteiger partial charge in [-0.1, -0.05) is 24.3 Å². The van der Waals surface area contributed by atoms with Crippen molar-refractivity contribution in [2.75, 3.05) is 6.61 Å². The van der Waals surface area contributed by atoms with Gasteiger partial charge < -0.3 is 9.52 Å². The molecule has 0 saturated carbocycles. The molecular formula is C12H10FNO2. The van der Waals surface area contributed by atoms with Gasteiger partial charge in [0.1, 0.15) is 5.83 Å². The molecule has 1 heterocycles. The minimum atomic E-state index is -0.580. The monoisotopic (exact) mass is 219 g/mol. The highest BCUT2D eigenvalue weighted by atomic mass is 19.1. The molecule has 2 aromatic rings. The van der Waals surface area contributed by atoms with Gasteiger partial charge in [-0.15, -0.1) is 0 Å². The zero-order valence-corrected chi connectivity index (χ0v) is 8.43. The highest BCUT2D eigenvalue weighted by Crippen LogP contribution is 2.19. The lowest BCUT2D eigenvalue weighted by molar-refractivity contribution is 0.300. The molecule has 2 rings (SSSR count). The van der Waals surface area contributed by atoms with Crippen LogP contribution in [0.15, 0.2) is 47.1 Å². The van der Waals surface area contributed by atoms with E-state index in [4.69, 9.17) is 9.52 Å². The second-order valence-electron chi connectivity index (χ2n) is 3.24. The van der Waals surface area contributed by atoms with Crippen LogP contribution >= 0.6 is 0 Å². The summed E-state index contributed by atoms with van der Waals surface area (Å²) in [6.45, 7) is -0.580. The highest BCUT2D eigenvalue weighted by Gasteiger charge is 2.00. The molecule has 4 heteroatoms. The number of rotatable bonds is 3. The Balaban J connectivity index is 2.23. The third-order valence-electron chi connectivity index (χ3n) is 2.10. The molecule has 1 N–H and O–H groups in total. The van der Waals surface area contributed by atoms with Gasteiger partial charge in [-0.25, -0.2) is 9.37 Å². The van der Waals surface area contributed by atoms with E-state index in [0.717, 1.165) is 5.56 Å². The molecule has 0 aliphatic rings. The number of aliphatic hydroxyl groups excluding tert-OH is 1. The largest absolute Gasteiger partial charge is 0.444 e. The molecule has 0 amide bonds. The van der Waals surface area contributed by atoms with Crippen LogP contribution in [-0.2, 0) is 0 Å². The molecule has 0 fully saturated rings. The number of hydrogen-bond donors (Lipinski definition) is 1. The van der Waals surface area contributed by atoms with Crippen molar-refractivity contribution in [3.8, 4) is 11.3 Å². The van der Waals surface area contributed by atoms with Crippen LogP contribution in [0.3, 0.4) is 0 Å². The van der Waals surface area contributed by atoms with Gasteiger partial charge in [-0.2, -0.15) is 0 Å². The second-order valence-corrected chi connectivity index (χ2v) is 3.24. The van der Waals surface area contributed by atoms with Gasteiger partial charge in [0.15, 0.2) is 12.2 Å². The number of hydrogen-bond acceptors (Lipinski definition) is 3. The van der Waals surface area contributed by atoms with E-state index in [9.17, 15) is 4.39 Å². The molecule has 0 radical (unpaired) electrons. The average molecular weight is 219 g/mol. The topological polar surface area (TPSA) is 46.3 Å². The minimum Gasteiger partial charge on any atom is -0.444 e. The Morgan fingerprint density at radius 2 is 2.12 bits per heavy atom. The first kappa shape index (κ1) is 10.6. The molecule has 0 bridgehead atoms. The zero-order valence-electron chi connectivity index (χ0n) is 8.43. The van der Waals surface area contributed by atoms with Crippen LogP contribution in [0, 0.1) is 0 Å². The van der Waals surface area contributed by atoms with E-state index in [1.54, 1.807) is 30.5 Å². The SMILES string of the molecule is OCC(F)=Cc1ccc(-c2cnco2)cc1. The first-order chi connectivity index (χ1) is 7.79. The Morgan fingerprint density at radius 3 is 2.69 bits per heavy atom. The molecule has 0 aliphatic carbocycles. The van der Waals surface area contributed by atoms with Gasteiger partial charge in [-0.05, 0) is 11.6 Å². The Morgan fingerprint density at radius 1 is 1.38 bits per heavy atom. The summed E-state index contributed by atoms with van der Waals surface area (Å²) in [5.41, 5.74) is 1.56. The van der Waals surface area contributed by atoms with Gasteiger partial charge in [0.05, 0.1) is 12.8 Å². The molecule has 16 heavy (non-hydrogen) atoms. The maximum Gasteiger partial charge on any atom is 0.181 e. The number of aliphatic hydroxyl groups is 1. The third-order valence-corrected chi connectivity index (χ3v) is 2.10. The number of nitrogens with zero attached hydrogens (tertiary/aromatic N) is 1. The van der Waals surface area contributed by atoms with E-state index < -0.39 is 12.4 Å². The first-order valence-electron chi connectivity index (χ1n) is 4.75. The lowest BCUT2D eigenvalue weighted by Crippen LogP contribution is -1.82. The standard InChI is InChI=1S/C12H10FNO2/c13-11(7-15)5-9-1-3-10(4-2-9)12-6-14-8-16-12/h1-6,8,15H,7H2. The van der Waals surface area contributed by atoms with Gasteiger partial charge >= 0.3 is 0 Å². The quantitative estimate of drug-likeness (QED) is 0.863. The van der Waals surface area contributed by atoms with E-state index in [1.807, 2.05) is 0 Å². The van der Waals surface area contributed by atoms with Crippen molar-refractivity contribution >= 4 is 6.08 Å². The lowest BCUT2D eigenvalue weighted by Gasteiger charge is -1.97. The predicted octanol–water partition coefficient (Wildman–Crippen LogP) is 2.64. The second kappa shape index (κ2) is 4.72. The molecule has 0 saturated heterocycles. The molecule has 0 spiro atoms. The van der Waals surface area contributed by atoms with Crippen molar-refractivity contribution in [3.63, 3.8) is 0 Å². The van der Waals surface area contributed by atoms with Crippen LogP contribution in [0.5, 0.6) is 0 Å². The van der Waals surface area contributed by atoms with Crippen LogP contribution in [0.1, 0.15) is 5.56 Å². The van der Waals surface area contributed by atoms with E-state index in [0.29, 0.717) is 11.3 Å². The Bertz CT molecular complexity index is 474. The number of aromatic nitrogens is 1. The molecular weight excluding hydrogens is 209 g/mol. The first-order valence-corrected chi connectivity index (χ1v) is 4.75. The Labute approximate surface area is 91.9 Å². The van der Waals surface area contributed by atoms with Crippen molar-refractivity contribution in [2.24, 2.45) is 0 Å². The maximum atomic E-state index is 12.8. The summed E-state index contributed by atoms with van der Waals surface area (Å²) < 4.78 is 17.9. The van der Waals surface area contributed by atoms with Crippen molar-refractivity contribution in [2.45, 2.75) is 0 Å². The van der Waals surface area contributed by atoms with Crippen molar-refractivity contribution in [3.05, 3.63) is 48.2 Å². The maximum absolute atomic E-state index is 12.8. The summed E-state index contributed by atoms with van der Waals surface area (Å²) in [5, 5.41) is 8.53. The fourth-order valence-corrected chi connectivity index (χ4v) is 1.33. The molecule has 3 nitrogen and oxygen atoms in total. The van der Waals surface area contributed by atoms with E-state index in [1.165, 1.54) is 12.5 Å². The molecule has 0 unspecified atom stereocenters. The van der Waals surface area contributed by atoms with Crippen LogP contribution in [0.25, 0.3) is 17.4 Å². The van der Waals surface area contributed by atoms with Gasteiger partial charge in [0.25, 0.3) is 0 Å². The van der Waals surface area contributed by atoms with E-state index in [2.05, 4.69) is 4.98 Å². The van der Waals surface area contributed by atoms with Crippen molar-refractivity contribution < 1.29 is 13.9 Å². The zero-order chi connectivity index (χ0) is 11.4. The number of benzene rings is 1. The third kappa shape index (κ3) is 2.35. The van der Waals surface area contributed by atoms with Crippen molar-refractivity contribution in [1.29, 1.82) is 0 Å². The predicted molar refractivity (Wildman–Crippen MR) is 58.1 cm³/mol. The molecule has 1 aromatic heterocycles. The van der Waals surface area contributed by atoms with Gasteiger partial charge in [0.2, 0.25) is 0 Å². The summed E-state index contributed by atoms with van der Waals surface area (Å²) in [4.78, 5) is 3.81. The number of oxazole rings is 1. The van der Waals surface area contributed by atoms with E-state index >= 15 is 0 Å². The fourth-order valence-electron chi connectivity index (χ4n) is 1.33. The number of halogens is 1. The van der Waals surface area contributed by atoms with Gasteiger partial charge in [0, 0.05) is 5.56 Å². The molecule has 0 atom stereocenters. The summed E-state index contributed by atoms with van der Waals surface area (Å²) >= 11 is 0.